The molecule has 1 amide bonds. The number of carbonyl (C=O) groups is 2. The van der Waals surface area contributed by atoms with E-state index in [2.05, 4.69) is 10.1 Å². The second kappa shape index (κ2) is 8.32. The van der Waals surface area contributed by atoms with Crippen molar-refractivity contribution >= 4 is 17.6 Å². The number of anilines is 1. The van der Waals surface area contributed by atoms with Gasteiger partial charge in [0, 0.05) is 5.69 Å². The molecule has 0 fully saturated rings. The van der Waals surface area contributed by atoms with E-state index in [-0.39, 0.29) is 18.3 Å². The quantitative estimate of drug-likeness (QED) is 0.771. The lowest BCUT2D eigenvalue weighted by molar-refractivity contribution is -0.139. The van der Waals surface area contributed by atoms with Gasteiger partial charge >= 0.3 is 5.97 Å². The highest BCUT2D eigenvalue weighted by atomic mass is 16.5. The number of hydrogen-bond donors (Lipinski definition) is 1. The summed E-state index contributed by atoms with van der Waals surface area (Å²) in [6.07, 6.45) is 0.240. The van der Waals surface area contributed by atoms with Gasteiger partial charge in [-0.2, -0.15) is 0 Å². The van der Waals surface area contributed by atoms with Crippen molar-refractivity contribution in [3.8, 4) is 0 Å². The Morgan fingerprint density at radius 1 is 1.15 bits per heavy atom. The number of benzene rings is 1. The van der Waals surface area contributed by atoms with Crippen molar-refractivity contribution in [1.29, 1.82) is 0 Å². The Hall–Kier alpha value is -1.88. The van der Waals surface area contributed by atoms with E-state index in [1.807, 2.05) is 30.9 Å². The van der Waals surface area contributed by atoms with Gasteiger partial charge in [-0.3, -0.25) is 14.5 Å². The summed E-state index contributed by atoms with van der Waals surface area (Å²) in [5, 5.41) is 2.84. The van der Waals surface area contributed by atoms with Crippen molar-refractivity contribution < 1.29 is 14.3 Å². The Bertz CT molecular complexity index is 439. The van der Waals surface area contributed by atoms with Gasteiger partial charge < -0.3 is 10.1 Å². The summed E-state index contributed by atoms with van der Waals surface area (Å²) in [6.45, 7) is 6.14. The van der Waals surface area contributed by atoms with E-state index in [0.29, 0.717) is 6.54 Å². The molecule has 0 saturated carbocycles. The number of amides is 1. The standard InChI is InChI=1S/C15H22N2O3/c1-4-17(5-2)11-14(18)16-13-8-6-12(7-9-13)10-15(19)20-3/h6-9H,4-5,10-11H2,1-3H3,(H,16,18). The Morgan fingerprint density at radius 2 is 1.75 bits per heavy atom. The maximum Gasteiger partial charge on any atom is 0.309 e. The highest BCUT2D eigenvalue weighted by molar-refractivity contribution is 5.92. The molecule has 5 heteroatoms. The SMILES string of the molecule is CCN(CC)CC(=O)Nc1ccc(CC(=O)OC)cc1. The molecular weight excluding hydrogens is 256 g/mol. The second-order valence-corrected chi connectivity index (χ2v) is 4.46. The van der Waals surface area contributed by atoms with Crippen LogP contribution in [0.2, 0.25) is 0 Å². The summed E-state index contributed by atoms with van der Waals surface area (Å²) in [5.41, 5.74) is 1.59. The zero-order valence-corrected chi connectivity index (χ0v) is 12.3. The van der Waals surface area contributed by atoms with Crippen LogP contribution in [0.4, 0.5) is 5.69 Å². The molecular formula is C15H22N2O3. The predicted octanol–water partition coefficient (Wildman–Crippen LogP) is 1.68. The number of carbonyl (C=O) groups excluding carboxylic acids is 2. The van der Waals surface area contributed by atoms with Gasteiger partial charge in [-0.05, 0) is 30.8 Å². The van der Waals surface area contributed by atoms with Crippen LogP contribution >= 0.6 is 0 Å². The average molecular weight is 278 g/mol. The molecule has 1 N–H and O–H groups in total. The number of methoxy groups -OCH3 is 1. The highest BCUT2D eigenvalue weighted by Gasteiger charge is 2.08. The number of nitrogens with zero attached hydrogens (tertiary/aromatic N) is 1. The van der Waals surface area contributed by atoms with Crippen LogP contribution in [-0.2, 0) is 20.7 Å². The Labute approximate surface area is 119 Å². The maximum absolute atomic E-state index is 11.8. The number of esters is 1. The van der Waals surface area contributed by atoms with E-state index in [9.17, 15) is 9.59 Å². The molecule has 0 bridgehead atoms. The third-order valence-electron chi connectivity index (χ3n) is 3.08. The van der Waals surface area contributed by atoms with Crippen molar-refractivity contribution in [2.45, 2.75) is 20.3 Å². The lowest BCUT2D eigenvalue weighted by Crippen LogP contribution is -2.32. The monoisotopic (exact) mass is 278 g/mol. The van der Waals surface area contributed by atoms with E-state index in [1.165, 1.54) is 7.11 Å². The van der Waals surface area contributed by atoms with Gasteiger partial charge in [-0.1, -0.05) is 26.0 Å². The zero-order valence-electron chi connectivity index (χ0n) is 12.3. The van der Waals surface area contributed by atoms with Crippen LogP contribution in [-0.4, -0.2) is 43.5 Å². The molecule has 1 aromatic carbocycles. The maximum atomic E-state index is 11.8. The van der Waals surface area contributed by atoms with Crippen molar-refractivity contribution in [1.82, 2.24) is 4.90 Å². The molecule has 20 heavy (non-hydrogen) atoms. The minimum absolute atomic E-state index is 0.0329. The summed E-state index contributed by atoms with van der Waals surface area (Å²) in [7, 11) is 1.37. The first-order valence-electron chi connectivity index (χ1n) is 6.77. The third-order valence-corrected chi connectivity index (χ3v) is 3.08. The summed E-state index contributed by atoms with van der Waals surface area (Å²) in [5.74, 6) is -0.308. The first-order chi connectivity index (χ1) is 9.58. The normalized spacial score (nSPS) is 10.4. The number of ether oxygens (including phenoxy) is 1. The molecule has 0 aromatic heterocycles. The minimum Gasteiger partial charge on any atom is -0.469 e. The molecule has 110 valence electrons. The largest absolute Gasteiger partial charge is 0.469 e. The van der Waals surface area contributed by atoms with Crippen molar-refractivity contribution in [2.24, 2.45) is 0 Å². The summed E-state index contributed by atoms with van der Waals surface area (Å²) in [4.78, 5) is 25.0. The second-order valence-electron chi connectivity index (χ2n) is 4.46. The lowest BCUT2D eigenvalue weighted by atomic mass is 10.1. The molecule has 0 aliphatic heterocycles. The molecule has 0 unspecified atom stereocenters. The number of rotatable bonds is 7. The predicted molar refractivity (Wildman–Crippen MR) is 78.6 cm³/mol. The first kappa shape index (κ1) is 16.2. The third kappa shape index (κ3) is 5.40. The summed E-state index contributed by atoms with van der Waals surface area (Å²) >= 11 is 0. The highest BCUT2D eigenvalue weighted by Crippen LogP contribution is 2.10. The Balaban J connectivity index is 2.52. The molecule has 0 heterocycles. The van der Waals surface area contributed by atoms with Crippen LogP contribution < -0.4 is 5.32 Å². The minimum atomic E-state index is -0.275. The van der Waals surface area contributed by atoms with Gasteiger partial charge in [0.1, 0.15) is 0 Å². The first-order valence-corrected chi connectivity index (χ1v) is 6.77. The van der Waals surface area contributed by atoms with Crippen molar-refractivity contribution in [3.05, 3.63) is 29.8 Å². The van der Waals surface area contributed by atoms with E-state index in [1.54, 1.807) is 12.1 Å². The van der Waals surface area contributed by atoms with E-state index in [0.717, 1.165) is 24.3 Å². The van der Waals surface area contributed by atoms with Crippen LogP contribution in [0.3, 0.4) is 0 Å². The van der Waals surface area contributed by atoms with Gasteiger partial charge in [0.25, 0.3) is 0 Å². The van der Waals surface area contributed by atoms with Crippen molar-refractivity contribution in [2.75, 3.05) is 32.1 Å². The van der Waals surface area contributed by atoms with Crippen LogP contribution in [0.5, 0.6) is 0 Å². The van der Waals surface area contributed by atoms with Gasteiger partial charge in [0.15, 0.2) is 0 Å². The molecule has 0 saturated heterocycles. The van der Waals surface area contributed by atoms with Crippen LogP contribution in [0, 0.1) is 0 Å². The van der Waals surface area contributed by atoms with Crippen LogP contribution in [0.1, 0.15) is 19.4 Å². The molecule has 0 spiro atoms. The number of likely N-dealkylation sites (N-methyl/N-ethyl adjacent to an activating group) is 1. The Morgan fingerprint density at radius 3 is 2.25 bits per heavy atom. The molecule has 0 aliphatic rings. The van der Waals surface area contributed by atoms with E-state index in [4.69, 9.17) is 0 Å². The topological polar surface area (TPSA) is 58.6 Å². The molecule has 0 radical (unpaired) electrons. The smallest absolute Gasteiger partial charge is 0.309 e. The average Bonchev–Trinajstić information content (AvgIpc) is 2.46. The van der Waals surface area contributed by atoms with Crippen LogP contribution in [0.15, 0.2) is 24.3 Å². The van der Waals surface area contributed by atoms with Gasteiger partial charge in [-0.15, -0.1) is 0 Å². The van der Waals surface area contributed by atoms with E-state index >= 15 is 0 Å². The zero-order chi connectivity index (χ0) is 15.0. The fourth-order valence-corrected chi connectivity index (χ4v) is 1.80. The van der Waals surface area contributed by atoms with Gasteiger partial charge in [-0.25, -0.2) is 0 Å². The van der Waals surface area contributed by atoms with Gasteiger partial charge in [0.2, 0.25) is 5.91 Å². The molecule has 1 rings (SSSR count). The fraction of sp³-hybridized carbons (Fsp3) is 0.467. The van der Waals surface area contributed by atoms with Crippen molar-refractivity contribution in [3.63, 3.8) is 0 Å². The fourth-order valence-electron chi connectivity index (χ4n) is 1.80. The number of nitrogens with one attached hydrogen (secondary N) is 1. The molecule has 0 aliphatic carbocycles. The van der Waals surface area contributed by atoms with Crippen LogP contribution in [0.25, 0.3) is 0 Å². The molecule has 1 aromatic rings. The van der Waals surface area contributed by atoms with Gasteiger partial charge in [0.05, 0.1) is 20.1 Å². The number of hydrogen-bond acceptors (Lipinski definition) is 4. The summed E-state index contributed by atoms with van der Waals surface area (Å²) < 4.78 is 4.60. The van der Waals surface area contributed by atoms with E-state index < -0.39 is 0 Å². The lowest BCUT2D eigenvalue weighted by Gasteiger charge is -2.17. The molecule has 5 nitrogen and oxygen atoms in total. The molecule has 0 atom stereocenters. The Kier molecular flexibility index (Phi) is 6.73. The summed E-state index contributed by atoms with van der Waals surface area (Å²) in [6, 6.07) is 7.20.